The van der Waals surface area contributed by atoms with Crippen LogP contribution < -0.4 is 10.6 Å². The van der Waals surface area contributed by atoms with Crippen molar-refractivity contribution in [2.45, 2.75) is 13.0 Å². The summed E-state index contributed by atoms with van der Waals surface area (Å²) in [4.78, 5) is 12.9. The van der Waals surface area contributed by atoms with Crippen LogP contribution in [0, 0.1) is 5.82 Å². The fourth-order valence-corrected chi connectivity index (χ4v) is 2.41. The lowest BCUT2D eigenvalue weighted by Crippen LogP contribution is -2.29. The van der Waals surface area contributed by atoms with Crippen LogP contribution in [0.25, 0.3) is 0 Å². The molecule has 0 aliphatic heterocycles. The van der Waals surface area contributed by atoms with Gasteiger partial charge in [-0.2, -0.15) is 0 Å². The number of hydrogen-bond donors (Lipinski definition) is 2. The second-order valence-corrected chi connectivity index (χ2v) is 5.16. The molecule has 0 bridgehead atoms. The van der Waals surface area contributed by atoms with Gasteiger partial charge in [-0.05, 0) is 36.6 Å². The lowest BCUT2D eigenvalue weighted by molar-refractivity contribution is -0.115. The first-order valence-electron chi connectivity index (χ1n) is 5.97. The van der Waals surface area contributed by atoms with Gasteiger partial charge in [0, 0.05) is 16.6 Å². The molecule has 2 rings (SSSR count). The molecule has 1 aromatic heterocycles. The number of carbonyl (C=O) groups is 1. The molecule has 5 heteroatoms. The molecular formula is C14H15FN2OS. The number of thiophene rings is 1. The van der Waals surface area contributed by atoms with Gasteiger partial charge in [0.1, 0.15) is 5.82 Å². The van der Waals surface area contributed by atoms with E-state index in [-0.39, 0.29) is 24.3 Å². The van der Waals surface area contributed by atoms with Crippen molar-refractivity contribution in [1.82, 2.24) is 5.32 Å². The molecule has 1 aromatic carbocycles. The van der Waals surface area contributed by atoms with Crippen LogP contribution in [-0.4, -0.2) is 12.5 Å². The summed E-state index contributed by atoms with van der Waals surface area (Å²) in [6.07, 6.45) is 0. The van der Waals surface area contributed by atoms with E-state index >= 15 is 0 Å². The van der Waals surface area contributed by atoms with E-state index in [4.69, 9.17) is 0 Å². The molecule has 0 saturated heterocycles. The predicted octanol–water partition coefficient (Wildman–Crippen LogP) is 3.18. The van der Waals surface area contributed by atoms with E-state index in [2.05, 4.69) is 10.6 Å². The number of carbonyl (C=O) groups excluding carboxylic acids is 1. The minimum Gasteiger partial charge on any atom is -0.325 e. The Morgan fingerprint density at radius 2 is 2.21 bits per heavy atom. The first-order valence-corrected chi connectivity index (χ1v) is 6.85. The highest BCUT2D eigenvalue weighted by molar-refractivity contribution is 7.10. The van der Waals surface area contributed by atoms with Gasteiger partial charge >= 0.3 is 0 Å². The average molecular weight is 278 g/mol. The molecule has 1 unspecified atom stereocenters. The van der Waals surface area contributed by atoms with Crippen molar-refractivity contribution in [3.05, 3.63) is 52.5 Å². The van der Waals surface area contributed by atoms with Crippen molar-refractivity contribution < 1.29 is 9.18 Å². The molecule has 2 aromatic rings. The summed E-state index contributed by atoms with van der Waals surface area (Å²) in [6.45, 7) is 2.19. The van der Waals surface area contributed by atoms with Crippen molar-refractivity contribution in [2.24, 2.45) is 0 Å². The minimum absolute atomic E-state index is 0.123. The average Bonchev–Trinajstić information content (AvgIpc) is 2.90. The van der Waals surface area contributed by atoms with Gasteiger partial charge < -0.3 is 10.6 Å². The van der Waals surface area contributed by atoms with Crippen molar-refractivity contribution in [2.75, 3.05) is 11.9 Å². The maximum atomic E-state index is 13.0. The maximum Gasteiger partial charge on any atom is 0.238 e. The lowest BCUT2D eigenvalue weighted by atomic mass is 10.2. The highest BCUT2D eigenvalue weighted by Gasteiger charge is 2.08. The fraction of sp³-hybridized carbons (Fsp3) is 0.214. The van der Waals surface area contributed by atoms with E-state index in [1.54, 1.807) is 23.5 Å². The van der Waals surface area contributed by atoms with E-state index < -0.39 is 0 Å². The van der Waals surface area contributed by atoms with Gasteiger partial charge in [-0.25, -0.2) is 4.39 Å². The number of benzene rings is 1. The summed E-state index contributed by atoms with van der Waals surface area (Å²) in [5.41, 5.74) is 0.468. The first kappa shape index (κ1) is 13.7. The number of nitrogens with one attached hydrogen (secondary N) is 2. The molecule has 1 amide bonds. The summed E-state index contributed by atoms with van der Waals surface area (Å²) in [5, 5.41) is 7.77. The summed E-state index contributed by atoms with van der Waals surface area (Å²) < 4.78 is 13.0. The van der Waals surface area contributed by atoms with Crippen LogP contribution in [0.4, 0.5) is 10.1 Å². The zero-order chi connectivity index (χ0) is 13.7. The van der Waals surface area contributed by atoms with E-state index in [1.807, 2.05) is 24.4 Å². The third-order valence-electron chi connectivity index (χ3n) is 2.65. The van der Waals surface area contributed by atoms with E-state index in [0.717, 1.165) is 0 Å². The largest absolute Gasteiger partial charge is 0.325 e. The van der Waals surface area contributed by atoms with Crippen molar-refractivity contribution in [3.8, 4) is 0 Å². The first-order chi connectivity index (χ1) is 9.15. The Bertz CT molecular complexity index is 542. The van der Waals surface area contributed by atoms with Gasteiger partial charge in [0.15, 0.2) is 0 Å². The third kappa shape index (κ3) is 4.15. The molecule has 0 aliphatic rings. The standard InChI is InChI=1S/C14H15FN2OS/c1-10(13-6-3-7-19-13)16-9-14(18)17-12-5-2-4-11(15)8-12/h2-8,10,16H,9H2,1H3,(H,17,18). The summed E-state index contributed by atoms with van der Waals surface area (Å²) >= 11 is 1.64. The Morgan fingerprint density at radius 1 is 1.37 bits per heavy atom. The van der Waals surface area contributed by atoms with Gasteiger partial charge in [0.05, 0.1) is 6.54 Å². The maximum absolute atomic E-state index is 13.0. The van der Waals surface area contributed by atoms with Crippen LogP contribution in [0.2, 0.25) is 0 Å². The van der Waals surface area contributed by atoms with Crippen molar-refractivity contribution >= 4 is 22.9 Å². The zero-order valence-corrected chi connectivity index (χ0v) is 11.3. The number of hydrogen-bond acceptors (Lipinski definition) is 3. The Balaban J connectivity index is 1.82. The Hall–Kier alpha value is -1.72. The molecule has 1 atom stereocenters. The second kappa shape index (κ2) is 6.45. The number of rotatable bonds is 5. The molecule has 0 fully saturated rings. The summed E-state index contributed by atoms with van der Waals surface area (Å²) in [5.74, 6) is -0.549. The second-order valence-electron chi connectivity index (χ2n) is 4.18. The van der Waals surface area contributed by atoms with Crippen LogP contribution in [0.1, 0.15) is 17.8 Å². The van der Waals surface area contributed by atoms with Crippen molar-refractivity contribution in [1.29, 1.82) is 0 Å². The van der Waals surface area contributed by atoms with Gasteiger partial charge in [0.25, 0.3) is 0 Å². The topological polar surface area (TPSA) is 41.1 Å². The lowest BCUT2D eigenvalue weighted by Gasteiger charge is -2.12. The van der Waals surface area contributed by atoms with Crippen LogP contribution in [-0.2, 0) is 4.79 Å². The Kier molecular flexibility index (Phi) is 4.65. The molecule has 19 heavy (non-hydrogen) atoms. The van der Waals surface area contributed by atoms with Crippen LogP contribution >= 0.6 is 11.3 Å². The van der Waals surface area contributed by atoms with Crippen LogP contribution in [0.15, 0.2) is 41.8 Å². The Labute approximate surface area is 115 Å². The quantitative estimate of drug-likeness (QED) is 0.882. The molecule has 0 aliphatic carbocycles. The van der Waals surface area contributed by atoms with Gasteiger partial charge in [0.2, 0.25) is 5.91 Å². The van der Waals surface area contributed by atoms with Gasteiger partial charge in [-0.15, -0.1) is 11.3 Å². The van der Waals surface area contributed by atoms with E-state index in [9.17, 15) is 9.18 Å². The molecule has 0 saturated carbocycles. The summed E-state index contributed by atoms with van der Waals surface area (Å²) in [6, 6.07) is 9.97. The molecule has 100 valence electrons. The molecule has 0 radical (unpaired) electrons. The predicted molar refractivity (Wildman–Crippen MR) is 75.8 cm³/mol. The van der Waals surface area contributed by atoms with E-state index in [1.165, 1.54) is 17.0 Å². The highest BCUT2D eigenvalue weighted by Crippen LogP contribution is 2.17. The van der Waals surface area contributed by atoms with Gasteiger partial charge in [-0.1, -0.05) is 12.1 Å². The fourth-order valence-electron chi connectivity index (χ4n) is 1.66. The van der Waals surface area contributed by atoms with Crippen LogP contribution in [0.3, 0.4) is 0 Å². The third-order valence-corrected chi connectivity index (χ3v) is 3.70. The molecular weight excluding hydrogens is 263 g/mol. The Morgan fingerprint density at radius 3 is 2.89 bits per heavy atom. The van der Waals surface area contributed by atoms with E-state index in [0.29, 0.717) is 5.69 Å². The zero-order valence-electron chi connectivity index (χ0n) is 10.5. The molecule has 0 spiro atoms. The monoisotopic (exact) mass is 278 g/mol. The highest BCUT2D eigenvalue weighted by atomic mass is 32.1. The smallest absolute Gasteiger partial charge is 0.238 e. The van der Waals surface area contributed by atoms with Gasteiger partial charge in [-0.3, -0.25) is 4.79 Å². The normalized spacial score (nSPS) is 12.1. The number of halogens is 1. The molecule has 1 heterocycles. The number of amides is 1. The summed E-state index contributed by atoms with van der Waals surface area (Å²) in [7, 11) is 0. The SMILES string of the molecule is CC(NCC(=O)Nc1cccc(F)c1)c1cccs1. The molecule has 2 N–H and O–H groups in total. The van der Waals surface area contributed by atoms with Crippen LogP contribution in [0.5, 0.6) is 0 Å². The minimum atomic E-state index is -0.363. The van der Waals surface area contributed by atoms with Crippen molar-refractivity contribution in [3.63, 3.8) is 0 Å². The molecule has 3 nitrogen and oxygen atoms in total. The number of anilines is 1.